The maximum atomic E-state index is 12.6. The summed E-state index contributed by atoms with van der Waals surface area (Å²) in [6.07, 6.45) is 3.35. The topological polar surface area (TPSA) is 42.7 Å². The summed E-state index contributed by atoms with van der Waals surface area (Å²) in [5.41, 5.74) is 1.51. The number of likely N-dealkylation sites (tertiary alicyclic amines) is 1. The predicted molar refractivity (Wildman–Crippen MR) is 79.7 cm³/mol. The molecule has 0 radical (unpaired) electrons. The highest BCUT2D eigenvalue weighted by molar-refractivity contribution is 6.32. The highest BCUT2D eigenvalue weighted by Crippen LogP contribution is 2.35. The van der Waals surface area contributed by atoms with E-state index in [2.05, 4.69) is 0 Å². The van der Waals surface area contributed by atoms with Crippen LogP contribution in [0.4, 0.5) is 0 Å². The first-order valence-electron chi connectivity index (χ1n) is 6.88. The maximum Gasteiger partial charge on any atom is 0.259 e. The zero-order valence-electron chi connectivity index (χ0n) is 11.7. The monoisotopic (exact) mass is 305 g/mol. The summed E-state index contributed by atoms with van der Waals surface area (Å²) >= 11 is 5.92. The van der Waals surface area contributed by atoms with Gasteiger partial charge in [-0.25, -0.2) is 0 Å². The Balaban J connectivity index is 1.88. The van der Waals surface area contributed by atoms with Crippen LogP contribution >= 0.6 is 11.6 Å². The number of methoxy groups -OCH3 is 1. The van der Waals surface area contributed by atoms with Crippen LogP contribution in [0.5, 0.6) is 5.75 Å². The first kappa shape index (κ1) is 14.0. The van der Waals surface area contributed by atoms with Crippen molar-refractivity contribution in [1.82, 2.24) is 4.90 Å². The van der Waals surface area contributed by atoms with Gasteiger partial charge in [0, 0.05) is 6.54 Å². The van der Waals surface area contributed by atoms with E-state index in [0.29, 0.717) is 5.56 Å². The van der Waals surface area contributed by atoms with Gasteiger partial charge < -0.3 is 14.1 Å². The molecule has 0 aliphatic carbocycles. The smallest absolute Gasteiger partial charge is 0.259 e. The van der Waals surface area contributed by atoms with Gasteiger partial charge in [0.15, 0.2) is 0 Å². The molecule has 1 amide bonds. The van der Waals surface area contributed by atoms with Crippen molar-refractivity contribution in [2.45, 2.75) is 18.9 Å². The first-order chi connectivity index (χ1) is 10.2. The largest absolute Gasteiger partial charge is 0.497 e. The minimum absolute atomic E-state index is 0.0542. The van der Waals surface area contributed by atoms with Crippen molar-refractivity contribution in [3.05, 3.63) is 52.9 Å². The molecule has 0 N–H and O–H groups in total. The van der Waals surface area contributed by atoms with Gasteiger partial charge in [0.1, 0.15) is 5.75 Å². The van der Waals surface area contributed by atoms with E-state index in [1.165, 1.54) is 6.26 Å². The lowest BCUT2D eigenvalue weighted by Crippen LogP contribution is -2.30. The number of furan rings is 1. The van der Waals surface area contributed by atoms with Gasteiger partial charge in [-0.2, -0.15) is 0 Å². The van der Waals surface area contributed by atoms with Crippen molar-refractivity contribution < 1.29 is 13.9 Å². The second-order valence-electron chi connectivity index (χ2n) is 5.04. The third kappa shape index (κ3) is 2.63. The number of carbonyl (C=O) groups is 1. The van der Waals surface area contributed by atoms with Gasteiger partial charge in [0.2, 0.25) is 5.22 Å². The molecule has 0 spiro atoms. The molecule has 3 rings (SSSR count). The van der Waals surface area contributed by atoms with E-state index in [1.807, 2.05) is 29.2 Å². The molecule has 1 saturated heterocycles. The van der Waals surface area contributed by atoms with Gasteiger partial charge in [-0.05, 0) is 48.2 Å². The zero-order valence-corrected chi connectivity index (χ0v) is 12.5. The zero-order chi connectivity index (χ0) is 14.8. The normalized spacial score (nSPS) is 18.0. The predicted octanol–water partition coefficient (Wildman–Crippen LogP) is 3.92. The summed E-state index contributed by atoms with van der Waals surface area (Å²) in [5, 5.41) is 0.149. The molecule has 2 aromatic rings. The molecule has 1 aliphatic rings. The lowest BCUT2D eigenvalue weighted by Gasteiger charge is -2.25. The van der Waals surface area contributed by atoms with Gasteiger partial charge in [-0.1, -0.05) is 12.1 Å². The molecular formula is C16H16ClNO3. The molecule has 1 fully saturated rings. The first-order valence-corrected chi connectivity index (χ1v) is 7.26. The molecule has 1 aliphatic heterocycles. The number of hydrogen-bond donors (Lipinski definition) is 0. The molecule has 1 aromatic heterocycles. The Morgan fingerprint density at radius 1 is 1.43 bits per heavy atom. The van der Waals surface area contributed by atoms with Crippen molar-refractivity contribution in [2.75, 3.05) is 13.7 Å². The number of carbonyl (C=O) groups excluding carboxylic acids is 1. The SMILES string of the molecule is COc1cccc(C2CCCN2C(=O)c2ccoc2Cl)c1. The summed E-state index contributed by atoms with van der Waals surface area (Å²) in [6, 6.07) is 9.52. The molecule has 1 unspecified atom stereocenters. The molecule has 4 nitrogen and oxygen atoms in total. The summed E-state index contributed by atoms with van der Waals surface area (Å²) in [6.45, 7) is 0.724. The van der Waals surface area contributed by atoms with Crippen LogP contribution in [0.1, 0.15) is 34.8 Å². The van der Waals surface area contributed by atoms with E-state index >= 15 is 0 Å². The van der Waals surface area contributed by atoms with Gasteiger partial charge in [0.25, 0.3) is 5.91 Å². The fourth-order valence-electron chi connectivity index (χ4n) is 2.81. The van der Waals surface area contributed by atoms with Crippen LogP contribution in [0.2, 0.25) is 5.22 Å². The minimum atomic E-state index is -0.0842. The molecule has 2 heterocycles. The number of benzene rings is 1. The third-order valence-electron chi connectivity index (χ3n) is 3.84. The van der Waals surface area contributed by atoms with E-state index in [9.17, 15) is 4.79 Å². The summed E-state index contributed by atoms with van der Waals surface area (Å²) in [7, 11) is 1.64. The third-order valence-corrected chi connectivity index (χ3v) is 4.13. The van der Waals surface area contributed by atoms with Crippen LogP contribution in [0.3, 0.4) is 0 Å². The van der Waals surface area contributed by atoms with E-state index in [-0.39, 0.29) is 17.2 Å². The minimum Gasteiger partial charge on any atom is -0.497 e. The van der Waals surface area contributed by atoms with Gasteiger partial charge in [-0.3, -0.25) is 4.79 Å². The average molecular weight is 306 g/mol. The molecule has 1 aromatic carbocycles. The molecule has 5 heteroatoms. The van der Waals surface area contributed by atoms with Crippen LogP contribution < -0.4 is 4.74 Å². The standard InChI is InChI=1S/C16H16ClNO3/c1-20-12-5-2-4-11(10-12)14-6-3-8-18(14)16(19)13-7-9-21-15(13)17/h2,4-5,7,9-10,14H,3,6,8H2,1H3. The summed E-state index contributed by atoms with van der Waals surface area (Å²) < 4.78 is 10.3. The number of rotatable bonds is 3. The summed E-state index contributed by atoms with van der Waals surface area (Å²) in [4.78, 5) is 14.5. The van der Waals surface area contributed by atoms with E-state index in [4.69, 9.17) is 20.8 Å². The van der Waals surface area contributed by atoms with Crippen LogP contribution in [0, 0.1) is 0 Å². The number of halogens is 1. The molecule has 1 atom stereocenters. The van der Waals surface area contributed by atoms with E-state index in [1.54, 1.807) is 13.2 Å². The van der Waals surface area contributed by atoms with Gasteiger partial charge in [0.05, 0.1) is 25.0 Å². The van der Waals surface area contributed by atoms with Crippen LogP contribution in [0.25, 0.3) is 0 Å². The Hall–Kier alpha value is -1.94. The van der Waals surface area contributed by atoms with Crippen LogP contribution in [-0.4, -0.2) is 24.5 Å². The van der Waals surface area contributed by atoms with E-state index in [0.717, 1.165) is 30.7 Å². The molecular weight excluding hydrogens is 290 g/mol. The Morgan fingerprint density at radius 3 is 3.00 bits per heavy atom. The van der Waals surface area contributed by atoms with Crippen molar-refractivity contribution in [3.8, 4) is 5.75 Å². The highest BCUT2D eigenvalue weighted by Gasteiger charge is 2.32. The highest BCUT2D eigenvalue weighted by atomic mass is 35.5. The lowest BCUT2D eigenvalue weighted by molar-refractivity contribution is 0.0735. The quantitative estimate of drug-likeness (QED) is 0.863. The average Bonchev–Trinajstić information content (AvgIpc) is 3.15. The second-order valence-corrected chi connectivity index (χ2v) is 5.38. The van der Waals surface area contributed by atoms with Crippen molar-refractivity contribution >= 4 is 17.5 Å². The second kappa shape index (κ2) is 5.82. The fraction of sp³-hybridized carbons (Fsp3) is 0.312. The number of ether oxygens (including phenoxy) is 1. The Kier molecular flexibility index (Phi) is 3.88. The maximum absolute atomic E-state index is 12.6. The van der Waals surface area contributed by atoms with Gasteiger partial charge >= 0.3 is 0 Å². The Labute approximate surface area is 128 Å². The fourth-order valence-corrected chi connectivity index (χ4v) is 3.00. The molecule has 21 heavy (non-hydrogen) atoms. The van der Waals surface area contributed by atoms with Crippen LogP contribution in [-0.2, 0) is 0 Å². The van der Waals surface area contributed by atoms with E-state index < -0.39 is 0 Å². The lowest BCUT2D eigenvalue weighted by atomic mass is 10.0. The van der Waals surface area contributed by atoms with Crippen molar-refractivity contribution in [3.63, 3.8) is 0 Å². The number of hydrogen-bond acceptors (Lipinski definition) is 3. The van der Waals surface area contributed by atoms with Crippen LogP contribution in [0.15, 0.2) is 41.0 Å². The summed E-state index contributed by atoms with van der Waals surface area (Å²) in [5.74, 6) is 0.715. The van der Waals surface area contributed by atoms with Crippen molar-refractivity contribution in [2.24, 2.45) is 0 Å². The van der Waals surface area contributed by atoms with Crippen molar-refractivity contribution in [1.29, 1.82) is 0 Å². The Bertz CT molecular complexity index is 652. The molecule has 110 valence electrons. The molecule has 0 bridgehead atoms. The number of amides is 1. The van der Waals surface area contributed by atoms with Gasteiger partial charge in [-0.15, -0.1) is 0 Å². The number of nitrogens with zero attached hydrogens (tertiary/aromatic N) is 1. The molecule has 0 saturated carbocycles. The Morgan fingerprint density at radius 2 is 2.29 bits per heavy atom.